The zero-order chi connectivity index (χ0) is 21.5. The highest BCUT2D eigenvalue weighted by molar-refractivity contribution is 6.01. The number of nitrogens with one attached hydrogen (secondary N) is 1. The molecule has 0 aliphatic rings. The van der Waals surface area contributed by atoms with E-state index in [1.165, 1.54) is 36.7 Å². The molecule has 4 rings (SSSR count). The number of carbonyl (C=O) groups excluding carboxylic acids is 1. The van der Waals surface area contributed by atoms with Crippen molar-refractivity contribution in [3.63, 3.8) is 0 Å². The molecule has 3 aromatic heterocycles. The number of alkyl halides is 3. The zero-order valence-corrected chi connectivity index (χ0v) is 15.4. The predicted molar refractivity (Wildman–Crippen MR) is 101 cm³/mol. The summed E-state index contributed by atoms with van der Waals surface area (Å²) >= 11 is 0. The Hall–Kier alpha value is -3.82. The van der Waals surface area contributed by atoms with Gasteiger partial charge in [0.25, 0.3) is 5.91 Å². The Morgan fingerprint density at radius 3 is 2.67 bits per heavy atom. The lowest BCUT2D eigenvalue weighted by Crippen LogP contribution is -2.23. The topological polar surface area (TPSA) is 72.7 Å². The molecule has 0 unspecified atom stereocenters. The van der Waals surface area contributed by atoms with Crippen molar-refractivity contribution < 1.29 is 22.4 Å². The van der Waals surface area contributed by atoms with E-state index in [1.807, 2.05) is 0 Å². The van der Waals surface area contributed by atoms with Gasteiger partial charge >= 0.3 is 6.18 Å². The number of fused-ring (bicyclic) bond motifs is 1. The molecule has 3 heterocycles. The molecule has 6 nitrogen and oxygen atoms in total. The third kappa shape index (κ3) is 3.59. The van der Waals surface area contributed by atoms with E-state index in [9.17, 15) is 22.4 Å². The first kappa shape index (κ1) is 19.5. The summed E-state index contributed by atoms with van der Waals surface area (Å²) in [5.74, 6) is -0.925. The van der Waals surface area contributed by atoms with Crippen LogP contribution in [0.5, 0.6) is 0 Å². The lowest BCUT2D eigenvalue weighted by atomic mass is 10.2. The Kier molecular flexibility index (Phi) is 4.69. The van der Waals surface area contributed by atoms with Crippen LogP contribution in [0, 0.1) is 12.7 Å². The first-order valence-electron chi connectivity index (χ1n) is 8.67. The van der Waals surface area contributed by atoms with Crippen molar-refractivity contribution in [2.24, 2.45) is 0 Å². The smallest absolute Gasteiger partial charge is 0.267 e. The maximum absolute atomic E-state index is 13.4. The Morgan fingerprint density at radius 2 is 1.97 bits per heavy atom. The highest BCUT2D eigenvalue weighted by Gasteiger charge is 2.35. The molecule has 0 radical (unpaired) electrons. The lowest BCUT2D eigenvalue weighted by molar-refractivity contribution is -0.136. The third-order valence-electron chi connectivity index (χ3n) is 4.44. The van der Waals surface area contributed by atoms with E-state index in [4.69, 9.17) is 0 Å². The van der Waals surface area contributed by atoms with Crippen LogP contribution < -0.4 is 5.43 Å². The number of pyridine rings is 1. The summed E-state index contributed by atoms with van der Waals surface area (Å²) in [5, 5.41) is -0.139. The number of halogens is 4. The van der Waals surface area contributed by atoms with Crippen LogP contribution in [0.4, 0.5) is 17.6 Å². The molecule has 0 spiro atoms. The summed E-state index contributed by atoms with van der Waals surface area (Å²) < 4.78 is 54.3. The van der Waals surface area contributed by atoms with Crippen molar-refractivity contribution in [1.82, 2.24) is 19.6 Å². The molecule has 152 valence electrons. The Labute approximate surface area is 167 Å². The maximum Gasteiger partial charge on any atom is 0.418 e. The van der Waals surface area contributed by atoms with Crippen molar-refractivity contribution in [2.45, 2.75) is 13.1 Å². The van der Waals surface area contributed by atoms with Gasteiger partial charge in [0.05, 0.1) is 22.3 Å². The van der Waals surface area contributed by atoms with Crippen molar-refractivity contribution in [2.75, 3.05) is 5.43 Å². The second-order valence-electron chi connectivity index (χ2n) is 6.45. The van der Waals surface area contributed by atoms with E-state index in [1.54, 1.807) is 13.0 Å². The molecule has 0 atom stereocenters. The molecule has 0 aliphatic heterocycles. The summed E-state index contributed by atoms with van der Waals surface area (Å²) in [7, 11) is 0. The number of rotatable bonds is 3. The van der Waals surface area contributed by atoms with Crippen LogP contribution in [-0.2, 0) is 6.18 Å². The number of carbonyl (C=O) groups is 1. The van der Waals surface area contributed by atoms with Crippen molar-refractivity contribution in [1.29, 1.82) is 0 Å². The number of nitrogens with zero attached hydrogens (tertiary/aromatic N) is 4. The van der Waals surface area contributed by atoms with Gasteiger partial charge in [-0.05, 0) is 25.1 Å². The van der Waals surface area contributed by atoms with Gasteiger partial charge in [-0.25, -0.2) is 14.4 Å². The van der Waals surface area contributed by atoms with Gasteiger partial charge in [0.15, 0.2) is 5.82 Å². The minimum atomic E-state index is -4.61. The molecule has 4 aromatic rings. The average Bonchev–Trinajstić information content (AvgIpc) is 3.07. The van der Waals surface area contributed by atoms with Gasteiger partial charge in [0, 0.05) is 35.7 Å². The number of benzene rings is 1. The second-order valence-corrected chi connectivity index (χ2v) is 6.45. The zero-order valence-electron chi connectivity index (χ0n) is 15.4. The number of aromatic nitrogens is 4. The van der Waals surface area contributed by atoms with Crippen molar-refractivity contribution >= 4 is 16.8 Å². The van der Waals surface area contributed by atoms with Gasteiger partial charge in [0.1, 0.15) is 5.82 Å². The van der Waals surface area contributed by atoms with Crippen molar-refractivity contribution in [3.05, 3.63) is 77.8 Å². The number of aryl methyl sites for hydroxylation is 1. The molecule has 1 aromatic carbocycles. The monoisotopic (exact) mass is 415 g/mol. The minimum absolute atomic E-state index is 0.0691. The summed E-state index contributed by atoms with van der Waals surface area (Å²) in [6, 6.07) is 7.03. The number of amides is 1. The van der Waals surface area contributed by atoms with Crippen molar-refractivity contribution in [3.8, 4) is 11.4 Å². The normalized spacial score (nSPS) is 11.6. The van der Waals surface area contributed by atoms with E-state index >= 15 is 0 Å². The average molecular weight is 415 g/mol. The Morgan fingerprint density at radius 1 is 1.17 bits per heavy atom. The maximum atomic E-state index is 13.4. The van der Waals surface area contributed by atoms with E-state index < -0.39 is 23.5 Å². The van der Waals surface area contributed by atoms with Crippen LogP contribution >= 0.6 is 0 Å². The molecular weight excluding hydrogens is 402 g/mol. The molecule has 0 aliphatic carbocycles. The third-order valence-corrected chi connectivity index (χ3v) is 4.44. The first-order chi connectivity index (χ1) is 14.2. The molecule has 0 fully saturated rings. The van der Waals surface area contributed by atoms with Gasteiger partial charge in [0.2, 0.25) is 0 Å². The van der Waals surface area contributed by atoms with Gasteiger partial charge in [-0.3, -0.25) is 19.9 Å². The first-order valence-corrected chi connectivity index (χ1v) is 8.67. The van der Waals surface area contributed by atoms with Crippen LogP contribution in [0.2, 0.25) is 0 Å². The van der Waals surface area contributed by atoms with Crippen LogP contribution in [0.1, 0.15) is 21.6 Å². The molecule has 0 saturated heterocycles. The van der Waals surface area contributed by atoms with Gasteiger partial charge in [-0.1, -0.05) is 12.1 Å². The van der Waals surface area contributed by atoms with Gasteiger partial charge in [-0.2, -0.15) is 13.2 Å². The molecule has 1 amide bonds. The summed E-state index contributed by atoms with van der Waals surface area (Å²) in [6.07, 6.45) is -0.156. The standard InChI is InChI=1S/C20H13F4N5O/c1-11-14(9-26-18(27-11)12-3-2-4-13(21)7-12)19(30)28-29-10-16(20(22,23)24)15-8-25-6-5-17(15)29/h2-10H,1H3,(H,28,30). The Bertz CT molecular complexity index is 1270. The molecule has 1 N–H and O–H groups in total. The largest absolute Gasteiger partial charge is 0.418 e. The second kappa shape index (κ2) is 7.21. The highest BCUT2D eigenvalue weighted by atomic mass is 19.4. The van der Waals surface area contributed by atoms with Gasteiger partial charge in [-0.15, -0.1) is 0 Å². The van der Waals surface area contributed by atoms with E-state index in [0.717, 1.165) is 17.1 Å². The van der Waals surface area contributed by atoms with Crippen LogP contribution in [-0.4, -0.2) is 25.5 Å². The molecule has 0 bridgehead atoms. The quantitative estimate of drug-likeness (QED) is 0.505. The van der Waals surface area contributed by atoms with E-state index in [0.29, 0.717) is 5.56 Å². The summed E-state index contributed by atoms with van der Waals surface area (Å²) in [5.41, 5.74) is 2.43. The number of hydrogen-bond acceptors (Lipinski definition) is 4. The molecule has 0 saturated carbocycles. The predicted octanol–water partition coefficient (Wildman–Crippen LogP) is 4.34. The molecule has 10 heteroatoms. The number of hydrogen-bond donors (Lipinski definition) is 1. The van der Waals surface area contributed by atoms with Crippen LogP contribution in [0.15, 0.2) is 55.1 Å². The fraction of sp³-hybridized carbons (Fsp3) is 0.100. The lowest BCUT2D eigenvalue weighted by Gasteiger charge is -2.10. The van der Waals surface area contributed by atoms with Gasteiger partial charge < -0.3 is 0 Å². The van der Waals surface area contributed by atoms with Crippen LogP contribution in [0.25, 0.3) is 22.3 Å². The van der Waals surface area contributed by atoms with E-state index in [2.05, 4.69) is 20.4 Å². The Balaban J connectivity index is 1.67. The van der Waals surface area contributed by atoms with Crippen LogP contribution in [0.3, 0.4) is 0 Å². The summed E-state index contributed by atoms with van der Waals surface area (Å²) in [4.78, 5) is 24.7. The molecular formula is C20H13F4N5O. The fourth-order valence-corrected chi connectivity index (χ4v) is 3.02. The van der Waals surface area contributed by atoms with E-state index in [-0.39, 0.29) is 28.0 Å². The SMILES string of the molecule is Cc1nc(-c2cccc(F)c2)ncc1C(=O)Nn1cc(C(F)(F)F)c2cnccc21. The highest BCUT2D eigenvalue weighted by Crippen LogP contribution is 2.35. The summed E-state index contributed by atoms with van der Waals surface area (Å²) in [6.45, 7) is 1.55. The minimum Gasteiger partial charge on any atom is -0.267 e. The molecule has 30 heavy (non-hydrogen) atoms. The fourth-order valence-electron chi connectivity index (χ4n) is 3.02.